The lowest BCUT2D eigenvalue weighted by Gasteiger charge is -2.32. The molecule has 3 aromatic rings. The first-order valence-electron chi connectivity index (χ1n) is 10.9. The molecule has 0 amide bonds. The van der Waals surface area contributed by atoms with Gasteiger partial charge in [0.15, 0.2) is 5.82 Å². The molecule has 2 heterocycles. The SMILES string of the molecule is CN1CCN(c2ccc(-c3ccc(NS(=O)(=O)c4cc(C(F)(F)F)cc(C(F)(F)F)c4)cc3)nn2)CC1. The number of halogens is 6. The fourth-order valence-electron chi connectivity index (χ4n) is 3.69. The normalized spacial score (nSPS) is 15.6. The molecule has 1 fully saturated rings. The van der Waals surface area contributed by atoms with E-state index in [1.54, 1.807) is 6.07 Å². The van der Waals surface area contributed by atoms with Crippen molar-refractivity contribution in [2.45, 2.75) is 17.2 Å². The van der Waals surface area contributed by atoms with E-state index in [4.69, 9.17) is 0 Å². The number of sulfonamides is 1. The Bertz CT molecular complexity index is 1320. The zero-order chi connectivity index (χ0) is 27.0. The molecule has 1 saturated heterocycles. The second-order valence-electron chi connectivity index (χ2n) is 8.49. The highest BCUT2D eigenvalue weighted by Crippen LogP contribution is 2.37. The van der Waals surface area contributed by atoms with E-state index in [1.807, 2.05) is 17.8 Å². The van der Waals surface area contributed by atoms with Crippen molar-refractivity contribution < 1.29 is 34.8 Å². The lowest BCUT2D eigenvalue weighted by molar-refractivity contribution is -0.143. The van der Waals surface area contributed by atoms with E-state index >= 15 is 0 Å². The summed E-state index contributed by atoms with van der Waals surface area (Å²) in [6.07, 6.45) is -10.3. The lowest BCUT2D eigenvalue weighted by Crippen LogP contribution is -2.44. The molecule has 1 aliphatic heterocycles. The van der Waals surface area contributed by atoms with Gasteiger partial charge in [0.2, 0.25) is 0 Å². The van der Waals surface area contributed by atoms with Crippen LogP contribution in [0.5, 0.6) is 0 Å². The third kappa shape index (κ3) is 6.31. The number of anilines is 2. The summed E-state index contributed by atoms with van der Waals surface area (Å²) in [5, 5.41) is 8.45. The van der Waals surface area contributed by atoms with Crippen LogP contribution >= 0.6 is 0 Å². The van der Waals surface area contributed by atoms with Crippen molar-refractivity contribution in [1.82, 2.24) is 15.1 Å². The van der Waals surface area contributed by atoms with Crippen molar-refractivity contribution in [2.75, 3.05) is 42.8 Å². The van der Waals surface area contributed by atoms with E-state index in [-0.39, 0.29) is 23.9 Å². The zero-order valence-electron chi connectivity index (χ0n) is 19.3. The summed E-state index contributed by atoms with van der Waals surface area (Å²) in [4.78, 5) is 3.15. The van der Waals surface area contributed by atoms with E-state index in [2.05, 4.69) is 20.0 Å². The molecule has 0 unspecified atom stereocenters. The summed E-state index contributed by atoms with van der Waals surface area (Å²) in [6.45, 7) is 3.43. The van der Waals surface area contributed by atoms with Crippen LogP contribution in [0, 0.1) is 0 Å². The van der Waals surface area contributed by atoms with Crippen LogP contribution in [0.1, 0.15) is 11.1 Å². The van der Waals surface area contributed by atoms with Gasteiger partial charge in [0, 0.05) is 37.4 Å². The first kappa shape index (κ1) is 26.7. The molecule has 2 aromatic carbocycles. The largest absolute Gasteiger partial charge is 0.416 e. The van der Waals surface area contributed by atoms with E-state index < -0.39 is 38.4 Å². The van der Waals surface area contributed by atoms with E-state index in [9.17, 15) is 34.8 Å². The molecule has 0 saturated carbocycles. The average Bonchev–Trinajstić information content (AvgIpc) is 2.84. The molecule has 14 heteroatoms. The number of aromatic nitrogens is 2. The van der Waals surface area contributed by atoms with Gasteiger partial charge in [0.25, 0.3) is 10.0 Å². The molecule has 1 aliphatic rings. The highest BCUT2D eigenvalue weighted by Gasteiger charge is 2.38. The Morgan fingerprint density at radius 3 is 1.84 bits per heavy atom. The number of nitrogens with zero attached hydrogens (tertiary/aromatic N) is 4. The molecule has 7 nitrogen and oxygen atoms in total. The number of alkyl halides is 6. The second-order valence-corrected chi connectivity index (χ2v) is 10.2. The number of hydrogen-bond donors (Lipinski definition) is 1. The van der Waals surface area contributed by atoms with Crippen molar-refractivity contribution in [3.63, 3.8) is 0 Å². The van der Waals surface area contributed by atoms with Gasteiger partial charge >= 0.3 is 12.4 Å². The van der Waals surface area contributed by atoms with Crippen LogP contribution < -0.4 is 9.62 Å². The van der Waals surface area contributed by atoms with Gasteiger partial charge < -0.3 is 9.80 Å². The van der Waals surface area contributed by atoms with Gasteiger partial charge in [0.05, 0.1) is 21.7 Å². The molecule has 0 radical (unpaired) electrons. The zero-order valence-corrected chi connectivity index (χ0v) is 20.1. The third-order valence-corrected chi connectivity index (χ3v) is 7.14. The Labute approximate surface area is 208 Å². The number of rotatable bonds is 5. The maximum Gasteiger partial charge on any atom is 0.416 e. The number of hydrogen-bond acceptors (Lipinski definition) is 6. The smallest absolute Gasteiger partial charge is 0.353 e. The van der Waals surface area contributed by atoms with Crippen molar-refractivity contribution >= 4 is 21.5 Å². The molecule has 0 bridgehead atoms. The van der Waals surface area contributed by atoms with Crippen LogP contribution in [0.2, 0.25) is 0 Å². The monoisotopic (exact) mass is 545 g/mol. The molecule has 4 rings (SSSR count). The molecule has 0 aliphatic carbocycles. The predicted octanol–water partition coefficient (Wildman–Crippen LogP) is 4.73. The van der Waals surface area contributed by atoms with Crippen LogP contribution in [0.25, 0.3) is 11.3 Å². The molecular formula is C23H21F6N5O2S. The summed E-state index contributed by atoms with van der Waals surface area (Å²) in [5.41, 5.74) is -2.43. The van der Waals surface area contributed by atoms with Gasteiger partial charge in [-0.15, -0.1) is 10.2 Å². The maximum absolute atomic E-state index is 13.1. The first-order chi connectivity index (χ1) is 17.2. The first-order valence-corrected chi connectivity index (χ1v) is 12.4. The Hall–Kier alpha value is -3.39. The van der Waals surface area contributed by atoms with E-state index in [0.717, 1.165) is 32.0 Å². The topological polar surface area (TPSA) is 78.4 Å². The molecular weight excluding hydrogens is 524 g/mol. The minimum absolute atomic E-state index is 0.0586. The van der Waals surface area contributed by atoms with E-state index in [1.165, 1.54) is 24.3 Å². The highest BCUT2D eigenvalue weighted by atomic mass is 32.2. The molecule has 0 spiro atoms. The van der Waals surface area contributed by atoms with Gasteiger partial charge in [-0.05, 0) is 49.5 Å². The molecule has 0 atom stereocenters. The number of benzene rings is 2. The number of piperazine rings is 1. The fraction of sp³-hybridized carbons (Fsp3) is 0.304. The van der Waals surface area contributed by atoms with Crippen LogP contribution in [0.3, 0.4) is 0 Å². The van der Waals surface area contributed by atoms with Gasteiger partial charge in [-0.1, -0.05) is 12.1 Å². The molecule has 1 N–H and O–H groups in total. The minimum Gasteiger partial charge on any atom is -0.353 e. The van der Waals surface area contributed by atoms with Crippen LogP contribution in [-0.4, -0.2) is 56.7 Å². The molecule has 1 aromatic heterocycles. The summed E-state index contributed by atoms with van der Waals surface area (Å²) < 4.78 is 106. The van der Waals surface area contributed by atoms with Crippen LogP contribution in [0.15, 0.2) is 59.5 Å². The van der Waals surface area contributed by atoms with Crippen molar-refractivity contribution in [3.05, 3.63) is 65.7 Å². The Kier molecular flexibility index (Phi) is 7.08. The van der Waals surface area contributed by atoms with Gasteiger partial charge in [-0.2, -0.15) is 26.3 Å². The average molecular weight is 546 g/mol. The highest BCUT2D eigenvalue weighted by molar-refractivity contribution is 7.92. The van der Waals surface area contributed by atoms with Gasteiger partial charge in [0.1, 0.15) is 0 Å². The minimum atomic E-state index is -5.17. The Morgan fingerprint density at radius 2 is 1.35 bits per heavy atom. The fourth-order valence-corrected chi connectivity index (χ4v) is 4.82. The summed E-state index contributed by atoms with van der Waals surface area (Å²) in [6, 6.07) is 9.39. The maximum atomic E-state index is 13.1. The van der Waals surface area contributed by atoms with Crippen molar-refractivity contribution in [1.29, 1.82) is 0 Å². The van der Waals surface area contributed by atoms with Gasteiger partial charge in [-0.3, -0.25) is 4.72 Å². The molecule has 37 heavy (non-hydrogen) atoms. The number of nitrogens with one attached hydrogen (secondary N) is 1. The lowest BCUT2D eigenvalue weighted by atomic mass is 10.1. The Morgan fingerprint density at radius 1 is 0.784 bits per heavy atom. The number of likely N-dealkylation sites (N-methyl/N-ethyl adjacent to an activating group) is 1. The van der Waals surface area contributed by atoms with Gasteiger partial charge in [-0.25, -0.2) is 8.42 Å². The standard InChI is InChI=1S/C23H21F6N5O2S/c1-33-8-10-34(11-9-33)21-7-6-20(30-31-21)15-2-4-18(5-3-15)32-37(35,36)19-13-16(22(24,25)26)12-17(14-19)23(27,28)29/h2-7,12-14,32H,8-11H2,1H3. The quantitative estimate of drug-likeness (QED) is 0.467. The summed E-state index contributed by atoms with van der Waals surface area (Å²) >= 11 is 0. The summed E-state index contributed by atoms with van der Waals surface area (Å²) in [5.74, 6) is 0.723. The molecule has 198 valence electrons. The van der Waals surface area contributed by atoms with Crippen molar-refractivity contribution in [3.8, 4) is 11.3 Å². The predicted molar refractivity (Wildman–Crippen MR) is 124 cm³/mol. The second kappa shape index (κ2) is 9.82. The van der Waals surface area contributed by atoms with Crippen LogP contribution in [0.4, 0.5) is 37.8 Å². The summed E-state index contributed by atoms with van der Waals surface area (Å²) in [7, 11) is -2.73. The van der Waals surface area contributed by atoms with Crippen molar-refractivity contribution in [2.24, 2.45) is 0 Å². The third-order valence-electron chi connectivity index (χ3n) is 5.78. The van der Waals surface area contributed by atoms with E-state index in [0.29, 0.717) is 11.3 Å². The Balaban J connectivity index is 1.53. The van der Waals surface area contributed by atoms with Crippen LogP contribution in [-0.2, 0) is 22.4 Å².